The average Bonchev–Trinajstić information content (AvgIpc) is 2.46. The number of carboxylic acids is 1. The maximum Gasteiger partial charge on any atom is 0.310 e. The lowest BCUT2D eigenvalue weighted by molar-refractivity contribution is -0.138. The van der Waals surface area contributed by atoms with E-state index in [1.165, 1.54) is 14.0 Å². The Balaban J connectivity index is 2.57. The normalized spacial score (nSPS) is 11.9. The van der Waals surface area contributed by atoms with Crippen molar-refractivity contribution in [3.05, 3.63) is 53.8 Å². The van der Waals surface area contributed by atoms with Crippen LogP contribution in [0.4, 0.5) is 4.39 Å². The second-order valence-corrected chi connectivity index (χ2v) is 4.48. The second kappa shape index (κ2) is 5.74. The van der Waals surface area contributed by atoms with Crippen LogP contribution in [-0.4, -0.2) is 18.2 Å². The fourth-order valence-corrected chi connectivity index (χ4v) is 2.09. The van der Waals surface area contributed by atoms with Crippen molar-refractivity contribution in [1.82, 2.24) is 0 Å². The summed E-state index contributed by atoms with van der Waals surface area (Å²) in [6.45, 7) is 1.50. The van der Waals surface area contributed by atoms with Gasteiger partial charge < -0.3 is 9.84 Å². The standard InChI is InChI=1S/C16H15FO3/c1-10(16(18)19)12-8-9-13(14(17)15(12)20-2)11-6-4-3-5-7-11/h3-10H,1-2H3,(H,18,19). The minimum atomic E-state index is -1.02. The Morgan fingerprint density at radius 3 is 2.40 bits per heavy atom. The summed E-state index contributed by atoms with van der Waals surface area (Å²) in [7, 11) is 1.34. The van der Waals surface area contributed by atoms with Gasteiger partial charge in [0.2, 0.25) is 0 Å². The second-order valence-electron chi connectivity index (χ2n) is 4.48. The number of carbonyl (C=O) groups is 1. The Morgan fingerprint density at radius 2 is 1.85 bits per heavy atom. The SMILES string of the molecule is COc1c(C(C)C(=O)O)ccc(-c2ccccc2)c1F. The molecule has 0 aliphatic rings. The molecule has 0 spiro atoms. The summed E-state index contributed by atoms with van der Waals surface area (Å²) in [5.41, 5.74) is 1.44. The maximum absolute atomic E-state index is 14.5. The van der Waals surface area contributed by atoms with Crippen LogP contribution in [0.1, 0.15) is 18.4 Å². The van der Waals surface area contributed by atoms with Crippen LogP contribution in [-0.2, 0) is 4.79 Å². The highest BCUT2D eigenvalue weighted by Gasteiger charge is 2.23. The first-order valence-corrected chi connectivity index (χ1v) is 6.21. The van der Waals surface area contributed by atoms with Crippen molar-refractivity contribution in [3.8, 4) is 16.9 Å². The first-order chi connectivity index (χ1) is 9.56. The average molecular weight is 274 g/mol. The number of halogens is 1. The van der Waals surface area contributed by atoms with E-state index in [0.29, 0.717) is 11.1 Å². The summed E-state index contributed by atoms with van der Waals surface area (Å²) >= 11 is 0. The summed E-state index contributed by atoms with van der Waals surface area (Å²) in [6.07, 6.45) is 0. The van der Waals surface area contributed by atoms with E-state index < -0.39 is 17.7 Å². The van der Waals surface area contributed by atoms with Gasteiger partial charge in [-0.1, -0.05) is 42.5 Å². The topological polar surface area (TPSA) is 46.5 Å². The van der Waals surface area contributed by atoms with Crippen LogP contribution in [0.3, 0.4) is 0 Å². The van der Waals surface area contributed by atoms with Crippen molar-refractivity contribution in [3.63, 3.8) is 0 Å². The van der Waals surface area contributed by atoms with E-state index in [1.807, 2.05) is 18.2 Å². The highest BCUT2D eigenvalue weighted by atomic mass is 19.1. The van der Waals surface area contributed by atoms with E-state index in [0.717, 1.165) is 5.56 Å². The Morgan fingerprint density at radius 1 is 1.20 bits per heavy atom. The van der Waals surface area contributed by atoms with Crippen molar-refractivity contribution < 1.29 is 19.0 Å². The van der Waals surface area contributed by atoms with Crippen molar-refractivity contribution in [2.24, 2.45) is 0 Å². The summed E-state index contributed by atoms with van der Waals surface area (Å²) in [5.74, 6) is -2.40. The fourth-order valence-electron chi connectivity index (χ4n) is 2.09. The first kappa shape index (κ1) is 14.1. The minimum Gasteiger partial charge on any atom is -0.493 e. The monoisotopic (exact) mass is 274 g/mol. The number of hydrogen-bond acceptors (Lipinski definition) is 2. The molecular formula is C16H15FO3. The van der Waals surface area contributed by atoms with E-state index >= 15 is 0 Å². The van der Waals surface area contributed by atoms with Crippen molar-refractivity contribution in [2.75, 3.05) is 7.11 Å². The zero-order chi connectivity index (χ0) is 14.7. The molecule has 0 aromatic heterocycles. The summed E-state index contributed by atoms with van der Waals surface area (Å²) in [4.78, 5) is 11.1. The molecule has 2 aromatic carbocycles. The van der Waals surface area contributed by atoms with E-state index in [2.05, 4.69) is 0 Å². The van der Waals surface area contributed by atoms with Crippen molar-refractivity contribution in [1.29, 1.82) is 0 Å². The van der Waals surface area contributed by atoms with Gasteiger partial charge in [0.15, 0.2) is 11.6 Å². The molecule has 4 heteroatoms. The molecule has 0 fully saturated rings. The Bertz CT molecular complexity index is 623. The van der Waals surface area contributed by atoms with Gasteiger partial charge in [-0.15, -0.1) is 0 Å². The van der Waals surface area contributed by atoms with E-state index in [4.69, 9.17) is 9.84 Å². The zero-order valence-electron chi connectivity index (χ0n) is 11.3. The lowest BCUT2D eigenvalue weighted by Crippen LogP contribution is -2.10. The third-order valence-electron chi connectivity index (χ3n) is 3.25. The van der Waals surface area contributed by atoms with Crippen LogP contribution in [0.25, 0.3) is 11.1 Å². The van der Waals surface area contributed by atoms with Crippen LogP contribution in [0.15, 0.2) is 42.5 Å². The van der Waals surface area contributed by atoms with Crippen LogP contribution in [0.5, 0.6) is 5.75 Å². The smallest absolute Gasteiger partial charge is 0.310 e. The van der Waals surface area contributed by atoms with E-state index in [9.17, 15) is 9.18 Å². The van der Waals surface area contributed by atoms with E-state index in [1.54, 1.807) is 24.3 Å². The molecule has 1 atom stereocenters. The predicted octanol–water partition coefficient (Wildman–Crippen LogP) is 3.69. The molecule has 104 valence electrons. The molecule has 1 unspecified atom stereocenters. The molecular weight excluding hydrogens is 259 g/mol. The zero-order valence-corrected chi connectivity index (χ0v) is 11.3. The largest absolute Gasteiger partial charge is 0.493 e. The molecule has 2 rings (SSSR count). The Labute approximate surface area is 116 Å². The summed E-state index contributed by atoms with van der Waals surface area (Å²) < 4.78 is 19.6. The molecule has 0 bridgehead atoms. The highest BCUT2D eigenvalue weighted by molar-refractivity contribution is 5.78. The molecule has 0 saturated carbocycles. The molecule has 1 N–H and O–H groups in total. The summed E-state index contributed by atoms with van der Waals surface area (Å²) in [6, 6.07) is 12.2. The Hall–Kier alpha value is -2.36. The number of methoxy groups -OCH3 is 1. The first-order valence-electron chi connectivity index (χ1n) is 6.21. The molecule has 20 heavy (non-hydrogen) atoms. The number of rotatable bonds is 4. The number of hydrogen-bond donors (Lipinski definition) is 1. The highest BCUT2D eigenvalue weighted by Crippen LogP contribution is 2.35. The molecule has 2 aromatic rings. The molecule has 0 amide bonds. The van der Waals surface area contributed by atoms with Crippen molar-refractivity contribution in [2.45, 2.75) is 12.8 Å². The maximum atomic E-state index is 14.5. The molecule has 3 nitrogen and oxygen atoms in total. The van der Waals surface area contributed by atoms with Crippen LogP contribution < -0.4 is 4.74 Å². The molecule has 0 aliphatic heterocycles. The van der Waals surface area contributed by atoms with Gasteiger partial charge in [-0.3, -0.25) is 4.79 Å². The number of aliphatic carboxylic acids is 1. The summed E-state index contributed by atoms with van der Waals surface area (Å²) in [5, 5.41) is 9.05. The lowest BCUT2D eigenvalue weighted by Gasteiger charge is -2.15. The lowest BCUT2D eigenvalue weighted by atomic mass is 9.95. The molecule has 0 aliphatic carbocycles. The molecule has 0 radical (unpaired) electrons. The van der Waals surface area contributed by atoms with Crippen molar-refractivity contribution >= 4 is 5.97 Å². The van der Waals surface area contributed by atoms with Crippen LogP contribution in [0.2, 0.25) is 0 Å². The minimum absolute atomic E-state index is 0.0127. The Kier molecular flexibility index (Phi) is 4.03. The van der Waals surface area contributed by atoms with Gasteiger partial charge in [0.1, 0.15) is 0 Å². The number of benzene rings is 2. The van der Waals surface area contributed by atoms with Gasteiger partial charge in [-0.2, -0.15) is 0 Å². The third kappa shape index (κ3) is 2.50. The van der Waals surface area contributed by atoms with Gasteiger partial charge >= 0.3 is 5.97 Å². The predicted molar refractivity (Wildman–Crippen MR) is 74.4 cm³/mol. The quantitative estimate of drug-likeness (QED) is 0.924. The van der Waals surface area contributed by atoms with Gasteiger partial charge in [0.05, 0.1) is 13.0 Å². The number of ether oxygens (including phenoxy) is 1. The number of carboxylic acid groups (broad SMARTS) is 1. The van der Waals surface area contributed by atoms with Crippen LogP contribution >= 0.6 is 0 Å². The van der Waals surface area contributed by atoms with Gasteiger partial charge in [-0.05, 0) is 12.5 Å². The van der Waals surface area contributed by atoms with Crippen LogP contribution in [0, 0.1) is 5.82 Å². The van der Waals surface area contributed by atoms with Gasteiger partial charge in [0, 0.05) is 11.1 Å². The van der Waals surface area contributed by atoms with E-state index in [-0.39, 0.29) is 5.75 Å². The molecule has 0 saturated heterocycles. The van der Waals surface area contributed by atoms with Gasteiger partial charge in [0.25, 0.3) is 0 Å². The third-order valence-corrected chi connectivity index (χ3v) is 3.25. The fraction of sp³-hybridized carbons (Fsp3) is 0.188. The molecule has 0 heterocycles. The van der Waals surface area contributed by atoms with Gasteiger partial charge in [-0.25, -0.2) is 4.39 Å².